The molecule has 0 amide bonds. The first-order valence-corrected chi connectivity index (χ1v) is 5.65. The van der Waals surface area contributed by atoms with Gasteiger partial charge in [0, 0.05) is 0 Å². The van der Waals surface area contributed by atoms with Crippen LogP contribution in [0.3, 0.4) is 0 Å². The number of rotatable bonds is 4. The van der Waals surface area contributed by atoms with Crippen molar-refractivity contribution < 1.29 is 4.39 Å². The van der Waals surface area contributed by atoms with E-state index in [0.717, 1.165) is 11.1 Å². The van der Waals surface area contributed by atoms with E-state index in [1.54, 1.807) is 12.1 Å². The number of hydrogen-bond acceptors (Lipinski definition) is 0. The maximum atomic E-state index is 12.7. The Morgan fingerprint density at radius 3 is 2.29 bits per heavy atom. The molecule has 0 saturated carbocycles. The van der Waals surface area contributed by atoms with E-state index in [9.17, 15) is 4.39 Å². The molecule has 0 atom stereocenters. The minimum atomic E-state index is -0.208. The molecule has 0 bridgehead atoms. The van der Waals surface area contributed by atoms with E-state index in [2.05, 4.69) is 0 Å². The second-order valence-corrected chi connectivity index (χ2v) is 3.58. The molecule has 17 heavy (non-hydrogen) atoms. The average molecular weight is 228 g/mol. The van der Waals surface area contributed by atoms with E-state index >= 15 is 0 Å². The first-order valence-electron chi connectivity index (χ1n) is 5.65. The molecule has 0 saturated heterocycles. The van der Waals surface area contributed by atoms with Crippen LogP contribution in [0.15, 0.2) is 66.3 Å². The van der Waals surface area contributed by atoms with Crippen molar-refractivity contribution in [2.75, 3.05) is 0 Å². The third-order valence-corrected chi connectivity index (χ3v) is 2.18. The van der Waals surface area contributed by atoms with Crippen molar-refractivity contribution in [1.29, 1.82) is 0 Å². The van der Waals surface area contributed by atoms with Gasteiger partial charge in [-0.2, -0.15) is 0 Å². The molecule has 0 nitrogen and oxygen atoms in total. The van der Waals surface area contributed by atoms with Gasteiger partial charge in [0.2, 0.25) is 0 Å². The van der Waals surface area contributed by atoms with Crippen LogP contribution in [0.4, 0.5) is 4.39 Å². The SMILES string of the molecule is C\C=C/C(/C=C/c1ccc(F)cc1)=C\C=C\C. The summed E-state index contributed by atoms with van der Waals surface area (Å²) in [6.07, 6.45) is 14.0. The van der Waals surface area contributed by atoms with Crippen LogP contribution in [0.25, 0.3) is 6.08 Å². The fourth-order valence-corrected chi connectivity index (χ4v) is 1.33. The van der Waals surface area contributed by atoms with Gasteiger partial charge in [0.25, 0.3) is 0 Å². The lowest BCUT2D eigenvalue weighted by Gasteiger charge is -1.94. The number of benzene rings is 1. The molecule has 1 aromatic rings. The van der Waals surface area contributed by atoms with E-state index in [0.29, 0.717) is 0 Å². The lowest BCUT2D eigenvalue weighted by molar-refractivity contribution is 0.628. The van der Waals surface area contributed by atoms with Gasteiger partial charge in [-0.05, 0) is 37.1 Å². The number of allylic oxidation sites excluding steroid dienone is 7. The van der Waals surface area contributed by atoms with Crippen molar-refractivity contribution in [3.8, 4) is 0 Å². The highest BCUT2D eigenvalue weighted by molar-refractivity contribution is 5.55. The molecule has 0 fully saturated rings. The normalized spacial score (nSPS) is 13.2. The Labute approximate surface area is 102 Å². The molecule has 0 radical (unpaired) electrons. The molecule has 0 unspecified atom stereocenters. The lowest BCUT2D eigenvalue weighted by atomic mass is 10.1. The van der Waals surface area contributed by atoms with Gasteiger partial charge in [-0.25, -0.2) is 4.39 Å². The fraction of sp³-hybridized carbons (Fsp3) is 0.125. The molecule has 0 N–H and O–H groups in total. The molecule has 88 valence electrons. The molecule has 0 aliphatic carbocycles. The summed E-state index contributed by atoms with van der Waals surface area (Å²) >= 11 is 0. The van der Waals surface area contributed by atoms with Gasteiger partial charge in [-0.15, -0.1) is 0 Å². The van der Waals surface area contributed by atoms with Crippen LogP contribution in [0.1, 0.15) is 19.4 Å². The van der Waals surface area contributed by atoms with Crippen molar-refractivity contribution in [2.45, 2.75) is 13.8 Å². The van der Waals surface area contributed by atoms with E-state index in [4.69, 9.17) is 0 Å². The Hall–Kier alpha value is -1.89. The number of hydrogen-bond donors (Lipinski definition) is 0. The highest BCUT2D eigenvalue weighted by Crippen LogP contribution is 2.08. The molecular formula is C16H17F. The average Bonchev–Trinajstić information content (AvgIpc) is 2.35. The van der Waals surface area contributed by atoms with Crippen LogP contribution in [0, 0.1) is 5.82 Å². The van der Waals surface area contributed by atoms with E-state index in [1.807, 2.05) is 56.4 Å². The molecular weight excluding hydrogens is 211 g/mol. The van der Waals surface area contributed by atoms with Crippen molar-refractivity contribution >= 4 is 6.08 Å². The van der Waals surface area contributed by atoms with Crippen molar-refractivity contribution in [2.24, 2.45) is 0 Å². The quantitative estimate of drug-likeness (QED) is 0.642. The Bertz CT molecular complexity index is 445. The van der Waals surface area contributed by atoms with Gasteiger partial charge in [-0.3, -0.25) is 0 Å². The van der Waals surface area contributed by atoms with Gasteiger partial charge < -0.3 is 0 Å². The van der Waals surface area contributed by atoms with Crippen LogP contribution < -0.4 is 0 Å². The predicted octanol–water partition coefficient (Wildman–Crippen LogP) is 4.92. The summed E-state index contributed by atoms with van der Waals surface area (Å²) in [5.74, 6) is -0.208. The van der Waals surface area contributed by atoms with E-state index in [1.165, 1.54) is 12.1 Å². The van der Waals surface area contributed by atoms with E-state index < -0.39 is 0 Å². The molecule has 0 heterocycles. The van der Waals surface area contributed by atoms with Gasteiger partial charge in [-0.1, -0.05) is 54.7 Å². The topological polar surface area (TPSA) is 0 Å². The zero-order chi connectivity index (χ0) is 12.5. The van der Waals surface area contributed by atoms with Gasteiger partial charge >= 0.3 is 0 Å². The van der Waals surface area contributed by atoms with Crippen molar-refractivity contribution in [1.82, 2.24) is 0 Å². The van der Waals surface area contributed by atoms with Crippen molar-refractivity contribution in [3.63, 3.8) is 0 Å². The summed E-state index contributed by atoms with van der Waals surface area (Å²) in [7, 11) is 0. The minimum absolute atomic E-state index is 0.208. The predicted molar refractivity (Wildman–Crippen MR) is 73.1 cm³/mol. The second kappa shape index (κ2) is 7.39. The number of halogens is 1. The Morgan fingerprint density at radius 1 is 1.00 bits per heavy atom. The first kappa shape index (κ1) is 13.2. The Balaban J connectivity index is 2.83. The minimum Gasteiger partial charge on any atom is -0.207 e. The Kier molecular flexibility index (Phi) is 5.73. The summed E-state index contributed by atoms with van der Waals surface area (Å²) in [4.78, 5) is 0. The second-order valence-electron chi connectivity index (χ2n) is 3.58. The van der Waals surface area contributed by atoms with E-state index in [-0.39, 0.29) is 5.82 Å². The molecule has 0 aliphatic heterocycles. The maximum absolute atomic E-state index is 12.7. The monoisotopic (exact) mass is 228 g/mol. The van der Waals surface area contributed by atoms with Crippen LogP contribution in [0.2, 0.25) is 0 Å². The Morgan fingerprint density at radius 2 is 1.71 bits per heavy atom. The molecule has 1 heteroatoms. The molecule has 0 aromatic heterocycles. The summed E-state index contributed by atoms with van der Waals surface area (Å²) in [5, 5.41) is 0. The summed E-state index contributed by atoms with van der Waals surface area (Å²) in [6, 6.07) is 6.44. The van der Waals surface area contributed by atoms with Crippen LogP contribution >= 0.6 is 0 Å². The van der Waals surface area contributed by atoms with Gasteiger partial charge in [0.15, 0.2) is 0 Å². The summed E-state index contributed by atoms with van der Waals surface area (Å²) < 4.78 is 12.7. The molecule has 1 aromatic carbocycles. The molecule has 0 spiro atoms. The maximum Gasteiger partial charge on any atom is 0.123 e. The lowest BCUT2D eigenvalue weighted by Crippen LogP contribution is -1.75. The van der Waals surface area contributed by atoms with Crippen LogP contribution in [0.5, 0.6) is 0 Å². The fourth-order valence-electron chi connectivity index (χ4n) is 1.33. The van der Waals surface area contributed by atoms with Gasteiger partial charge in [0.05, 0.1) is 0 Å². The summed E-state index contributed by atoms with van der Waals surface area (Å²) in [6.45, 7) is 3.96. The van der Waals surface area contributed by atoms with Crippen LogP contribution in [-0.4, -0.2) is 0 Å². The smallest absolute Gasteiger partial charge is 0.123 e. The molecule has 1 rings (SSSR count). The first-order chi connectivity index (χ1) is 8.26. The largest absolute Gasteiger partial charge is 0.207 e. The third-order valence-electron chi connectivity index (χ3n) is 2.18. The van der Waals surface area contributed by atoms with Crippen molar-refractivity contribution in [3.05, 3.63) is 77.7 Å². The highest BCUT2D eigenvalue weighted by atomic mass is 19.1. The van der Waals surface area contributed by atoms with Crippen LogP contribution in [-0.2, 0) is 0 Å². The zero-order valence-electron chi connectivity index (χ0n) is 10.2. The third kappa shape index (κ3) is 5.12. The summed E-state index contributed by atoms with van der Waals surface area (Å²) in [5.41, 5.74) is 2.09. The molecule has 0 aliphatic rings. The zero-order valence-corrected chi connectivity index (χ0v) is 10.2. The highest BCUT2D eigenvalue weighted by Gasteiger charge is 1.89. The standard InChI is InChI=1S/C16H17F/c1-3-5-7-14(6-4-2)8-9-15-10-12-16(17)13-11-15/h3-13H,1-2H3/b5-3+,6-4-,9-8+,14-7+. The van der Waals surface area contributed by atoms with Gasteiger partial charge in [0.1, 0.15) is 5.82 Å².